The lowest BCUT2D eigenvalue weighted by atomic mass is 10.1. The van der Waals surface area contributed by atoms with Crippen molar-refractivity contribution in [2.75, 3.05) is 0 Å². The molecular weight excluding hydrogens is 1660 g/mol. The summed E-state index contributed by atoms with van der Waals surface area (Å²) in [6, 6.07) is 67.9. The summed E-state index contributed by atoms with van der Waals surface area (Å²) in [6.45, 7) is 83.7. The summed E-state index contributed by atoms with van der Waals surface area (Å²) < 4.78 is 23.8. The van der Waals surface area contributed by atoms with E-state index < -0.39 is 0 Å². The Hall–Kier alpha value is -12.0. The van der Waals surface area contributed by atoms with E-state index in [0.29, 0.717) is 11.8 Å². The molecule has 18 aromatic rings. The Labute approximate surface area is 816 Å². The van der Waals surface area contributed by atoms with Gasteiger partial charge in [0.2, 0.25) is 0 Å². The predicted molar refractivity (Wildman–Crippen MR) is 603 cm³/mol. The van der Waals surface area contributed by atoms with Crippen molar-refractivity contribution in [2.45, 2.75) is 343 Å². The summed E-state index contributed by atoms with van der Waals surface area (Å²) in [4.78, 5) is 31.5. The van der Waals surface area contributed by atoms with Crippen molar-refractivity contribution in [3.8, 4) is 11.4 Å². The van der Waals surface area contributed by atoms with E-state index in [1.807, 2.05) is 447 Å². The number of fused-ring (bicyclic) bond motifs is 9. The Morgan fingerprint density at radius 3 is 0.759 bits per heavy atom. The summed E-state index contributed by atoms with van der Waals surface area (Å²) in [5.41, 5.74) is 21.0. The highest BCUT2D eigenvalue weighted by Gasteiger charge is 2.10. The van der Waals surface area contributed by atoms with Crippen molar-refractivity contribution in [1.82, 2.24) is 83.9 Å². The van der Waals surface area contributed by atoms with Crippen molar-refractivity contribution >= 4 is 111 Å². The first-order chi connectivity index (χ1) is 62.1. The van der Waals surface area contributed by atoms with Crippen molar-refractivity contribution in [2.24, 2.45) is 0 Å². The molecule has 0 aliphatic carbocycles. The zero-order valence-electron chi connectivity index (χ0n) is 85.6. The molecule has 0 bridgehead atoms. The van der Waals surface area contributed by atoms with Gasteiger partial charge in [0.15, 0.2) is 22.9 Å². The van der Waals surface area contributed by atoms with Gasteiger partial charge in [-0.1, -0.05) is 423 Å². The van der Waals surface area contributed by atoms with Crippen LogP contribution in [0, 0.1) is 41.5 Å². The van der Waals surface area contributed by atoms with E-state index in [1.165, 1.54) is 52.6 Å². The first kappa shape index (κ1) is 152. The fraction of sp³-hybridized carbons (Fsp3) is 0.438. The standard InChI is InChI=1S/C16H11N3.C12H9N3.C12H8N2.C10H8N2O2.C8H8N2O.C8H8N2S.C3H3N3.18C2H6.7CH4/c1-2-6-13-11-14(10-9-12(13)5-1)19-17-15-7-3-4-8-16(15)18-19;1-2-6-10(7-3-1)15-13-11-8-4-5-9-12(11)14-15;1-2-6-10-9(5-1)13-11-7-3-4-8-12(11)14-10;1-5-11-7-3-10-8(4-9(7)13-5)12-6(2)14-10;2*1-5-3-4-6(2)8-7(5)9-11-10-8;1-4-2-6-3-5-1;18*1-2;;;;;;;/h1-11H;1-9H;1-8H;3-4H,1-2H3;2*3-4H,1-2H3;1-3H;18*1-2H3;7*1H4. The van der Waals surface area contributed by atoms with Crippen LogP contribution < -0.4 is 0 Å². The van der Waals surface area contributed by atoms with Gasteiger partial charge in [-0.05, 0) is 144 Å². The molecular formula is C112H191N17O3S. The lowest BCUT2D eigenvalue weighted by Crippen LogP contribution is -1.97. The molecule has 0 fully saturated rings. The maximum Gasteiger partial charge on any atom is 0.192 e. The van der Waals surface area contributed by atoms with Crippen LogP contribution in [0.3, 0.4) is 0 Å². The second kappa shape index (κ2) is 104. The second-order valence-electron chi connectivity index (χ2n) is 20.4. The molecule has 8 aromatic heterocycles. The number of aryl methyl sites for hydroxylation is 6. The van der Waals surface area contributed by atoms with Crippen LogP contribution in [-0.4, -0.2) is 83.9 Å². The summed E-state index contributed by atoms with van der Waals surface area (Å²) in [6.07, 6.45) is 4.31. The van der Waals surface area contributed by atoms with Crippen LogP contribution in [0.2, 0.25) is 0 Å². The van der Waals surface area contributed by atoms with Gasteiger partial charge in [-0.2, -0.15) is 18.3 Å². The topological polar surface area (TPSA) is 243 Å². The quantitative estimate of drug-likeness (QED) is 0.146. The van der Waals surface area contributed by atoms with Crippen molar-refractivity contribution < 1.29 is 13.5 Å². The first-order valence-corrected chi connectivity index (χ1v) is 47.2. The summed E-state index contributed by atoms with van der Waals surface area (Å²) >= 11 is 1.28. The van der Waals surface area contributed by atoms with Gasteiger partial charge in [0.25, 0.3) is 0 Å². The number of oxazole rings is 2. The minimum absolute atomic E-state index is 0. The van der Waals surface area contributed by atoms with Gasteiger partial charge >= 0.3 is 0 Å². The zero-order chi connectivity index (χ0) is 97.8. The molecule has 0 radical (unpaired) electrons. The number of nitrogens with zero attached hydrogens (tertiary/aromatic N) is 17. The number of rotatable bonds is 2. The van der Waals surface area contributed by atoms with E-state index in [1.54, 1.807) is 9.59 Å². The average molecular weight is 1860 g/mol. The van der Waals surface area contributed by atoms with E-state index in [-0.39, 0.29) is 52.0 Å². The molecule has 0 atom stereocenters. The molecule has 0 aliphatic rings. The van der Waals surface area contributed by atoms with E-state index in [0.717, 1.165) is 111 Å². The summed E-state index contributed by atoms with van der Waals surface area (Å²) in [7, 11) is 0. The fourth-order valence-corrected chi connectivity index (χ4v) is 10.1. The molecule has 0 saturated heterocycles. The van der Waals surface area contributed by atoms with Crippen molar-refractivity contribution in [3.63, 3.8) is 0 Å². The Balaban J connectivity index is -0.0000000979. The molecule has 0 N–H and O–H groups in total. The number of para-hydroxylation sites is 5. The number of aromatic nitrogens is 17. The third-order valence-corrected chi connectivity index (χ3v) is 14.4. The molecule has 20 nitrogen and oxygen atoms in total. The second-order valence-corrected chi connectivity index (χ2v) is 20.9. The monoisotopic (exact) mass is 1850 g/mol. The highest BCUT2D eigenvalue weighted by molar-refractivity contribution is 7.00. The normalized spacial score (nSPS) is 8.11. The van der Waals surface area contributed by atoms with Gasteiger partial charge in [-0.25, -0.2) is 39.5 Å². The van der Waals surface area contributed by atoms with E-state index >= 15 is 0 Å². The molecule has 10 aromatic carbocycles. The smallest absolute Gasteiger partial charge is 0.192 e. The van der Waals surface area contributed by atoms with Gasteiger partial charge in [0.05, 0.1) is 45.2 Å². The minimum atomic E-state index is 0. The summed E-state index contributed by atoms with van der Waals surface area (Å²) in [5, 5.41) is 27.8. The van der Waals surface area contributed by atoms with E-state index in [9.17, 15) is 0 Å². The lowest BCUT2D eigenvalue weighted by Gasteiger charge is -2.01. The molecule has 0 unspecified atom stereocenters. The number of benzene rings is 10. The Morgan fingerprint density at radius 2 is 0.474 bits per heavy atom. The largest absolute Gasteiger partial charge is 0.441 e. The van der Waals surface area contributed by atoms with E-state index in [4.69, 9.17) is 8.83 Å². The van der Waals surface area contributed by atoms with Gasteiger partial charge in [-0.3, -0.25) is 0 Å². The molecule has 133 heavy (non-hydrogen) atoms. The number of hydrogen-bond acceptors (Lipinski definition) is 19. The van der Waals surface area contributed by atoms with Crippen molar-refractivity contribution in [3.05, 3.63) is 259 Å². The Morgan fingerprint density at radius 1 is 0.226 bits per heavy atom. The lowest BCUT2D eigenvalue weighted by molar-refractivity contribution is 0.315. The van der Waals surface area contributed by atoms with Crippen LogP contribution in [0.15, 0.2) is 239 Å². The Kier molecular flexibility index (Phi) is 119. The van der Waals surface area contributed by atoms with Crippen LogP contribution in [-0.2, 0) is 0 Å². The fourth-order valence-electron chi connectivity index (χ4n) is 9.39. The molecule has 8 heterocycles. The van der Waals surface area contributed by atoms with Crippen LogP contribution in [0.1, 0.15) is 335 Å². The van der Waals surface area contributed by atoms with E-state index in [2.05, 4.69) is 129 Å². The Bertz CT molecular complexity index is 4960. The molecule has 0 aliphatic heterocycles. The third-order valence-electron chi connectivity index (χ3n) is 13.9. The van der Waals surface area contributed by atoms with Crippen LogP contribution >= 0.6 is 11.7 Å². The third kappa shape index (κ3) is 54.0. The van der Waals surface area contributed by atoms with Crippen LogP contribution in [0.25, 0.3) is 111 Å². The molecule has 748 valence electrons. The van der Waals surface area contributed by atoms with Gasteiger partial charge in [0, 0.05) is 26.0 Å². The maximum atomic E-state index is 5.39. The van der Waals surface area contributed by atoms with Crippen LogP contribution in [0.5, 0.6) is 0 Å². The number of hydrogen-bond donors (Lipinski definition) is 0. The van der Waals surface area contributed by atoms with Crippen molar-refractivity contribution in [1.29, 1.82) is 0 Å². The maximum absolute atomic E-state index is 5.39. The molecule has 0 spiro atoms. The molecule has 18 rings (SSSR count). The molecule has 0 saturated carbocycles. The predicted octanol–water partition coefficient (Wildman–Crippen LogP) is 38.3. The highest BCUT2D eigenvalue weighted by atomic mass is 32.1. The van der Waals surface area contributed by atoms with Crippen LogP contribution in [0.4, 0.5) is 0 Å². The minimum Gasteiger partial charge on any atom is -0.441 e. The zero-order valence-corrected chi connectivity index (χ0v) is 86.4. The SMILES string of the molecule is C.C.C.C.C.C.C.CC.CC.CC.CC.CC.CC.CC.CC.CC.CC.CC.CC.CC.CC.CC.CC.CC.CC.Cc1ccc(C)c2nonc12.Cc1ccc(C)c2nsnc12.Cc1nc2cc3oc(C)nc3cc2o1.c1ccc(-n2nc3ccccc3n2)cc1.c1ccc2cc(-n3nc4ccccc4n3)ccc2c1.c1ccc2nc3ccccc3nc2c1.c1ncncn1. The molecule has 21 heteroatoms. The van der Waals surface area contributed by atoms with Gasteiger partial charge < -0.3 is 8.83 Å². The van der Waals surface area contributed by atoms with Gasteiger partial charge in [-0.15, -0.1) is 20.4 Å². The summed E-state index contributed by atoms with van der Waals surface area (Å²) in [5.74, 6) is 1.31. The molecule has 0 amide bonds. The first-order valence-electron chi connectivity index (χ1n) is 46.4. The average Bonchev–Trinajstić information content (AvgIpc) is 1.70. The van der Waals surface area contributed by atoms with Gasteiger partial charge in [0.1, 0.15) is 74.1 Å². The highest BCUT2D eigenvalue weighted by Crippen LogP contribution is 2.25.